The molecule has 2 heterocycles. The van der Waals surface area contributed by atoms with E-state index in [1.807, 2.05) is 4.90 Å². The van der Waals surface area contributed by atoms with Crippen LogP contribution in [0.5, 0.6) is 0 Å². The minimum Gasteiger partial charge on any atom is -0.342 e. The molecule has 0 bridgehead atoms. The van der Waals surface area contributed by atoms with Crippen molar-refractivity contribution in [2.75, 3.05) is 32.7 Å². The van der Waals surface area contributed by atoms with Gasteiger partial charge in [-0.2, -0.15) is 0 Å². The Morgan fingerprint density at radius 3 is 2.30 bits per heavy atom. The van der Waals surface area contributed by atoms with Crippen LogP contribution in [-0.4, -0.2) is 54.5 Å². The van der Waals surface area contributed by atoms with Gasteiger partial charge < -0.3 is 10.6 Å². The van der Waals surface area contributed by atoms with Gasteiger partial charge in [-0.3, -0.25) is 9.69 Å². The number of carbonyl (C=O) groups is 1. The second-order valence-corrected chi connectivity index (χ2v) is 6.55. The number of piperidine rings is 2. The molecule has 2 atom stereocenters. The number of rotatable bonds is 3. The van der Waals surface area contributed by atoms with Gasteiger partial charge >= 0.3 is 0 Å². The summed E-state index contributed by atoms with van der Waals surface area (Å²) >= 11 is 0. The van der Waals surface area contributed by atoms with Crippen LogP contribution in [0.3, 0.4) is 0 Å². The minimum atomic E-state index is 0. The van der Waals surface area contributed by atoms with E-state index in [0.29, 0.717) is 25.0 Å². The van der Waals surface area contributed by atoms with Gasteiger partial charge in [-0.05, 0) is 44.1 Å². The Hall–Kier alpha value is -0.320. The SMILES string of the molecule is CC1CCN(C(=O)CN2CCC(C)CC2CN)CC1.Cl. The molecule has 2 unspecified atom stereocenters. The lowest BCUT2D eigenvalue weighted by Crippen LogP contribution is -2.51. The lowest BCUT2D eigenvalue weighted by molar-refractivity contribution is -0.134. The number of nitrogens with two attached hydrogens (primary N) is 1. The molecule has 20 heavy (non-hydrogen) atoms. The Labute approximate surface area is 129 Å². The normalized spacial score (nSPS) is 29.1. The molecule has 0 aromatic rings. The first-order chi connectivity index (χ1) is 9.10. The quantitative estimate of drug-likeness (QED) is 0.864. The molecule has 2 rings (SSSR count). The van der Waals surface area contributed by atoms with E-state index in [0.717, 1.165) is 50.7 Å². The second-order valence-electron chi connectivity index (χ2n) is 6.55. The van der Waals surface area contributed by atoms with Gasteiger partial charge in [0, 0.05) is 25.7 Å². The highest BCUT2D eigenvalue weighted by Crippen LogP contribution is 2.22. The van der Waals surface area contributed by atoms with E-state index in [4.69, 9.17) is 5.73 Å². The summed E-state index contributed by atoms with van der Waals surface area (Å²) in [5, 5.41) is 0. The standard InChI is InChI=1S/C15H29N3O.ClH/c1-12-3-6-17(7-4-12)15(19)11-18-8-5-13(2)9-14(18)10-16;/h12-14H,3-11,16H2,1-2H3;1H. The largest absolute Gasteiger partial charge is 0.342 e. The zero-order valence-electron chi connectivity index (χ0n) is 12.9. The molecule has 4 nitrogen and oxygen atoms in total. The average molecular weight is 304 g/mol. The molecule has 2 saturated heterocycles. The molecule has 0 aliphatic carbocycles. The van der Waals surface area contributed by atoms with Crippen molar-refractivity contribution in [1.82, 2.24) is 9.80 Å². The van der Waals surface area contributed by atoms with E-state index in [1.165, 1.54) is 6.42 Å². The first-order valence-electron chi connectivity index (χ1n) is 7.82. The smallest absolute Gasteiger partial charge is 0.236 e. The Balaban J connectivity index is 0.00000200. The fraction of sp³-hybridized carbons (Fsp3) is 0.933. The maximum absolute atomic E-state index is 12.4. The third-order valence-electron chi connectivity index (χ3n) is 4.85. The van der Waals surface area contributed by atoms with Gasteiger partial charge in [0.25, 0.3) is 0 Å². The molecule has 2 fully saturated rings. The molecular weight excluding hydrogens is 274 g/mol. The van der Waals surface area contributed by atoms with Gasteiger partial charge in [-0.25, -0.2) is 0 Å². The van der Waals surface area contributed by atoms with E-state index in [2.05, 4.69) is 18.7 Å². The summed E-state index contributed by atoms with van der Waals surface area (Å²) in [7, 11) is 0. The van der Waals surface area contributed by atoms with Gasteiger partial charge in [0.15, 0.2) is 0 Å². The van der Waals surface area contributed by atoms with Crippen molar-refractivity contribution < 1.29 is 4.79 Å². The summed E-state index contributed by atoms with van der Waals surface area (Å²) in [5.74, 6) is 1.83. The zero-order chi connectivity index (χ0) is 13.8. The van der Waals surface area contributed by atoms with E-state index in [9.17, 15) is 4.79 Å². The number of hydrogen-bond acceptors (Lipinski definition) is 3. The van der Waals surface area contributed by atoms with Crippen LogP contribution < -0.4 is 5.73 Å². The minimum absolute atomic E-state index is 0. The number of hydrogen-bond donors (Lipinski definition) is 1. The van der Waals surface area contributed by atoms with Crippen LogP contribution in [0, 0.1) is 11.8 Å². The molecule has 0 radical (unpaired) electrons. The molecule has 0 spiro atoms. The van der Waals surface area contributed by atoms with Crippen molar-refractivity contribution in [3.63, 3.8) is 0 Å². The molecular formula is C15H30ClN3O. The summed E-state index contributed by atoms with van der Waals surface area (Å²) in [6.45, 7) is 8.72. The van der Waals surface area contributed by atoms with Crippen molar-refractivity contribution in [1.29, 1.82) is 0 Å². The lowest BCUT2D eigenvalue weighted by atomic mass is 9.92. The first-order valence-corrected chi connectivity index (χ1v) is 7.82. The van der Waals surface area contributed by atoms with E-state index < -0.39 is 0 Å². The van der Waals surface area contributed by atoms with Crippen LogP contribution >= 0.6 is 12.4 Å². The molecule has 0 saturated carbocycles. The van der Waals surface area contributed by atoms with Gasteiger partial charge in [-0.1, -0.05) is 13.8 Å². The van der Waals surface area contributed by atoms with E-state index >= 15 is 0 Å². The predicted molar refractivity (Wildman–Crippen MR) is 85.0 cm³/mol. The topological polar surface area (TPSA) is 49.6 Å². The molecule has 118 valence electrons. The number of halogens is 1. The van der Waals surface area contributed by atoms with Gasteiger partial charge in [0.1, 0.15) is 0 Å². The van der Waals surface area contributed by atoms with Crippen LogP contribution in [0.2, 0.25) is 0 Å². The second kappa shape index (κ2) is 8.20. The Morgan fingerprint density at radius 2 is 1.70 bits per heavy atom. The van der Waals surface area contributed by atoms with Crippen LogP contribution in [0.25, 0.3) is 0 Å². The molecule has 2 aliphatic heterocycles. The summed E-state index contributed by atoms with van der Waals surface area (Å²) < 4.78 is 0. The Kier molecular flexibility index (Phi) is 7.27. The molecule has 5 heteroatoms. The summed E-state index contributed by atoms with van der Waals surface area (Å²) in [6.07, 6.45) is 4.65. The number of amides is 1. The Bertz CT molecular complexity index is 305. The molecule has 2 N–H and O–H groups in total. The molecule has 0 aromatic carbocycles. The summed E-state index contributed by atoms with van der Waals surface area (Å²) in [4.78, 5) is 16.7. The van der Waals surface area contributed by atoms with Crippen LogP contribution in [0.1, 0.15) is 39.5 Å². The summed E-state index contributed by atoms with van der Waals surface area (Å²) in [5.41, 5.74) is 5.86. The molecule has 2 aliphatic rings. The lowest BCUT2D eigenvalue weighted by Gasteiger charge is -2.39. The van der Waals surface area contributed by atoms with Crippen LogP contribution in [0.4, 0.5) is 0 Å². The molecule has 0 aromatic heterocycles. The van der Waals surface area contributed by atoms with Crippen molar-refractivity contribution in [3.05, 3.63) is 0 Å². The van der Waals surface area contributed by atoms with Gasteiger partial charge in [0.2, 0.25) is 5.91 Å². The highest BCUT2D eigenvalue weighted by Gasteiger charge is 2.29. The highest BCUT2D eigenvalue weighted by atomic mass is 35.5. The monoisotopic (exact) mass is 303 g/mol. The number of carbonyl (C=O) groups excluding carboxylic acids is 1. The third-order valence-corrected chi connectivity index (χ3v) is 4.85. The Morgan fingerprint density at radius 1 is 1.10 bits per heavy atom. The number of nitrogens with zero attached hydrogens (tertiary/aromatic N) is 2. The fourth-order valence-electron chi connectivity index (χ4n) is 3.29. The zero-order valence-corrected chi connectivity index (χ0v) is 13.7. The third kappa shape index (κ3) is 4.61. The van der Waals surface area contributed by atoms with Crippen molar-refractivity contribution >= 4 is 18.3 Å². The molecule has 1 amide bonds. The van der Waals surface area contributed by atoms with E-state index in [1.54, 1.807) is 0 Å². The van der Waals surface area contributed by atoms with Gasteiger partial charge in [0.05, 0.1) is 6.54 Å². The number of likely N-dealkylation sites (tertiary alicyclic amines) is 2. The van der Waals surface area contributed by atoms with E-state index in [-0.39, 0.29) is 12.4 Å². The average Bonchev–Trinajstić information content (AvgIpc) is 2.41. The maximum Gasteiger partial charge on any atom is 0.236 e. The summed E-state index contributed by atoms with van der Waals surface area (Å²) in [6, 6.07) is 0.399. The predicted octanol–water partition coefficient (Wildman–Crippen LogP) is 1.73. The maximum atomic E-state index is 12.4. The highest BCUT2D eigenvalue weighted by molar-refractivity contribution is 5.85. The van der Waals surface area contributed by atoms with Crippen molar-refractivity contribution in [3.8, 4) is 0 Å². The van der Waals surface area contributed by atoms with Gasteiger partial charge in [-0.15, -0.1) is 12.4 Å². The van der Waals surface area contributed by atoms with Crippen molar-refractivity contribution in [2.45, 2.75) is 45.6 Å². The fourth-order valence-corrected chi connectivity index (χ4v) is 3.29. The first kappa shape index (κ1) is 17.7. The van der Waals surface area contributed by atoms with Crippen molar-refractivity contribution in [2.24, 2.45) is 17.6 Å². The van der Waals surface area contributed by atoms with Crippen LogP contribution in [0.15, 0.2) is 0 Å². The van der Waals surface area contributed by atoms with Crippen LogP contribution in [-0.2, 0) is 4.79 Å².